The van der Waals surface area contributed by atoms with Crippen LogP contribution < -0.4 is 5.73 Å². The lowest BCUT2D eigenvalue weighted by Crippen LogP contribution is -2.14. The summed E-state index contributed by atoms with van der Waals surface area (Å²) < 4.78 is 23.7. The molecule has 0 radical (unpaired) electrons. The SMILES string of the molecule is CCCS(=O)(=O)c1ccc(CCCC(C)N)cc1. The summed E-state index contributed by atoms with van der Waals surface area (Å²) in [6.07, 6.45) is 3.64. The second-order valence-electron chi connectivity index (χ2n) is 4.83. The van der Waals surface area contributed by atoms with E-state index in [2.05, 4.69) is 0 Å². The lowest BCUT2D eigenvalue weighted by molar-refractivity contribution is 0.594. The summed E-state index contributed by atoms with van der Waals surface area (Å²) in [5, 5.41) is 0. The van der Waals surface area contributed by atoms with Crippen molar-refractivity contribution in [2.45, 2.75) is 50.5 Å². The smallest absolute Gasteiger partial charge is 0.178 e. The van der Waals surface area contributed by atoms with Crippen LogP contribution in [0.4, 0.5) is 0 Å². The Morgan fingerprint density at radius 3 is 2.33 bits per heavy atom. The van der Waals surface area contributed by atoms with Gasteiger partial charge in [-0.15, -0.1) is 0 Å². The first-order valence-electron chi connectivity index (χ1n) is 6.53. The zero-order valence-corrected chi connectivity index (χ0v) is 12.0. The fourth-order valence-electron chi connectivity index (χ4n) is 1.88. The van der Waals surface area contributed by atoms with E-state index in [9.17, 15) is 8.42 Å². The van der Waals surface area contributed by atoms with Crippen molar-refractivity contribution in [3.05, 3.63) is 29.8 Å². The lowest BCUT2D eigenvalue weighted by Gasteiger charge is -2.06. The highest BCUT2D eigenvalue weighted by atomic mass is 32.2. The zero-order valence-electron chi connectivity index (χ0n) is 11.2. The molecule has 1 rings (SSSR count). The van der Waals surface area contributed by atoms with E-state index in [-0.39, 0.29) is 11.8 Å². The maximum atomic E-state index is 11.8. The summed E-state index contributed by atoms with van der Waals surface area (Å²) in [7, 11) is -3.08. The molecule has 0 amide bonds. The summed E-state index contributed by atoms with van der Waals surface area (Å²) in [5.41, 5.74) is 6.86. The van der Waals surface area contributed by atoms with Crippen molar-refractivity contribution in [3.8, 4) is 0 Å². The maximum absolute atomic E-state index is 11.8. The van der Waals surface area contributed by atoms with Crippen LogP contribution in [0.15, 0.2) is 29.2 Å². The maximum Gasteiger partial charge on any atom is 0.178 e. The molecule has 0 bridgehead atoms. The van der Waals surface area contributed by atoms with Gasteiger partial charge < -0.3 is 5.73 Å². The number of sulfone groups is 1. The van der Waals surface area contributed by atoms with Gasteiger partial charge in [-0.1, -0.05) is 19.1 Å². The van der Waals surface area contributed by atoms with Crippen LogP contribution in [0.5, 0.6) is 0 Å². The van der Waals surface area contributed by atoms with Crippen LogP contribution in [0.3, 0.4) is 0 Å². The Morgan fingerprint density at radius 2 is 1.83 bits per heavy atom. The molecule has 0 aliphatic rings. The third-order valence-electron chi connectivity index (χ3n) is 2.88. The van der Waals surface area contributed by atoms with Gasteiger partial charge in [0.25, 0.3) is 0 Å². The van der Waals surface area contributed by atoms with Gasteiger partial charge in [0.05, 0.1) is 10.6 Å². The van der Waals surface area contributed by atoms with Crippen molar-refractivity contribution in [1.29, 1.82) is 0 Å². The quantitative estimate of drug-likeness (QED) is 0.827. The molecule has 3 nitrogen and oxygen atoms in total. The van der Waals surface area contributed by atoms with Crippen LogP contribution in [0, 0.1) is 0 Å². The Bertz CT molecular complexity index is 449. The van der Waals surface area contributed by atoms with Crippen molar-refractivity contribution in [2.24, 2.45) is 5.73 Å². The Labute approximate surface area is 110 Å². The molecule has 0 fully saturated rings. The van der Waals surface area contributed by atoms with Gasteiger partial charge in [-0.3, -0.25) is 0 Å². The molecule has 0 spiro atoms. The molecule has 0 aliphatic carbocycles. The van der Waals surface area contributed by atoms with Gasteiger partial charge in [0, 0.05) is 6.04 Å². The molecule has 0 heterocycles. The Kier molecular flexibility index (Phi) is 5.82. The van der Waals surface area contributed by atoms with Crippen LogP contribution in [-0.4, -0.2) is 20.2 Å². The predicted octanol–water partition coefficient (Wildman–Crippen LogP) is 2.54. The molecule has 1 unspecified atom stereocenters. The summed E-state index contributed by atoms with van der Waals surface area (Å²) >= 11 is 0. The Morgan fingerprint density at radius 1 is 1.22 bits per heavy atom. The first-order chi connectivity index (χ1) is 8.45. The number of benzene rings is 1. The van der Waals surface area contributed by atoms with Crippen molar-refractivity contribution < 1.29 is 8.42 Å². The number of nitrogens with two attached hydrogens (primary N) is 1. The highest BCUT2D eigenvalue weighted by Crippen LogP contribution is 2.14. The van der Waals surface area contributed by atoms with Crippen molar-refractivity contribution in [3.63, 3.8) is 0 Å². The van der Waals surface area contributed by atoms with E-state index in [4.69, 9.17) is 5.73 Å². The third-order valence-corrected chi connectivity index (χ3v) is 4.82. The first kappa shape index (κ1) is 15.2. The Hall–Kier alpha value is -0.870. The molecule has 0 aliphatic heterocycles. The highest BCUT2D eigenvalue weighted by molar-refractivity contribution is 7.91. The fraction of sp³-hybridized carbons (Fsp3) is 0.571. The largest absolute Gasteiger partial charge is 0.328 e. The predicted molar refractivity (Wildman–Crippen MR) is 75.4 cm³/mol. The second kappa shape index (κ2) is 6.90. The van der Waals surface area contributed by atoms with E-state index in [1.54, 1.807) is 12.1 Å². The molecule has 0 saturated carbocycles. The monoisotopic (exact) mass is 269 g/mol. The van der Waals surface area contributed by atoms with Gasteiger partial charge in [0.15, 0.2) is 9.84 Å². The second-order valence-corrected chi connectivity index (χ2v) is 6.94. The molecule has 0 saturated heterocycles. The third kappa shape index (κ3) is 4.78. The van der Waals surface area contributed by atoms with E-state index in [0.29, 0.717) is 11.3 Å². The van der Waals surface area contributed by atoms with E-state index in [0.717, 1.165) is 19.3 Å². The number of aryl methyl sites for hydroxylation is 1. The van der Waals surface area contributed by atoms with E-state index in [1.807, 2.05) is 26.0 Å². The van der Waals surface area contributed by atoms with E-state index < -0.39 is 9.84 Å². The Balaban J connectivity index is 2.63. The molecule has 1 aromatic rings. The molecule has 102 valence electrons. The van der Waals surface area contributed by atoms with Crippen molar-refractivity contribution >= 4 is 9.84 Å². The van der Waals surface area contributed by atoms with Crippen LogP contribution >= 0.6 is 0 Å². The summed E-state index contributed by atoms with van der Waals surface area (Å²) in [6, 6.07) is 7.47. The standard InChI is InChI=1S/C14H23NO2S/c1-3-11-18(16,17)14-9-7-13(8-10-14)6-4-5-12(2)15/h7-10,12H,3-6,11,15H2,1-2H3. The lowest BCUT2D eigenvalue weighted by atomic mass is 10.1. The number of hydrogen-bond donors (Lipinski definition) is 1. The first-order valence-corrected chi connectivity index (χ1v) is 8.18. The molecule has 4 heteroatoms. The topological polar surface area (TPSA) is 60.2 Å². The van der Waals surface area contributed by atoms with Crippen LogP contribution in [0.2, 0.25) is 0 Å². The molecular weight excluding hydrogens is 246 g/mol. The summed E-state index contributed by atoms with van der Waals surface area (Å²) in [5.74, 6) is 0.219. The molecule has 1 aromatic carbocycles. The summed E-state index contributed by atoms with van der Waals surface area (Å²) in [4.78, 5) is 0.431. The van der Waals surface area contributed by atoms with Crippen LogP contribution in [0.25, 0.3) is 0 Å². The van der Waals surface area contributed by atoms with Gasteiger partial charge in [-0.25, -0.2) is 8.42 Å². The molecule has 2 N–H and O–H groups in total. The van der Waals surface area contributed by atoms with E-state index >= 15 is 0 Å². The minimum absolute atomic E-state index is 0.219. The van der Waals surface area contributed by atoms with Gasteiger partial charge >= 0.3 is 0 Å². The van der Waals surface area contributed by atoms with Crippen molar-refractivity contribution in [1.82, 2.24) is 0 Å². The van der Waals surface area contributed by atoms with Crippen LogP contribution in [-0.2, 0) is 16.3 Å². The zero-order chi connectivity index (χ0) is 13.6. The van der Waals surface area contributed by atoms with Gasteiger partial charge in [-0.2, -0.15) is 0 Å². The van der Waals surface area contributed by atoms with Gasteiger partial charge in [0.2, 0.25) is 0 Å². The van der Waals surface area contributed by atoms with Gasteiger partial charge in [-0.05, 0) is 50.3 Å². The number of hydrogen-bond acceptors (Lipinski definition) is 3. The summed E-state index contributed by atoms with van der Waals surface area (Å²) in [6.45, 7) is 3.88. The highest BCUT2D eigenvalue weighted by Gasteiger charge is 2.12. The van der Waals surface area contributed by atoms with Crippen molar-refractivity contribution in [2.75, 3.05) is 5.75 Å². The number of rotatable bonds is 7. The molecular formula is C14H23NO2S. The average Bonchev–Trinajstić information content (AvgIpc) is 2.29. The minimum atomic E-state index is -3.08. The normalized spacial score (nSPS) is 13.5. The van der Waals surface area contributed by atoms with Crippen LogP contribution in [0.1, 0.15) is 38.7 Å². The molecule has 18 heavy (non-hydrogen) atoms. The van der Waals surface area contributed by atoms with E-state index in [1.165, 1.54) is 5.56 Å². The molecule has 0 aromatic heterocycles. The van der Waals surface area contributed by atoms with Gasteiger partial charge in [0.1, 0.15) is 0 Å². The minimum Gasteiger partial charge on any atom is -0.328 e. The average molecular weight is 269 g/mol. The molecule has 1 atom stereocenters. The fourth-order valence-corrected chi connectivity index (χ4v) is 3.20.